The molecule has 0 saturated heterocycles. The van der Waals surface area contributed by atoms with E-state index in [1.807, 2.05) is 42.7 Å². The molecule has 0 radical (unpaired) electrons. The Morgan fingerprint density at radius 3 is 2.45 bits per heavy atom. The number of benzene rings is 2. The maximum Gasteiger partial charge on any atom is 0.235 e. The highest BCUT2D eigenvalue weighted by molar-refractivity contribution is 7.98. The van der Waals surface area contributed by atoms with Gasteiger partial charge in [-0.05, 0) is 42.9 Å². The molecule has 1 fully saturated rings. The standard InChI is InChI=1S/C19H21NOS/c1-22-17-11-7-10-16(14-17)20-18(21)19(12-5-6-13-19)15-8-3-2-4-9-15/h2-4,7-11,14H,5-6,12-13H2,1H3,(H,20,21). The molecule has 2 aromatic carbocycles. The molecule has 1 saturated carbocycles. The quantitative estimate of drug-likeness (QED) is 0.817. The second-order valence-corrected chi connectivity index (χ2v) is 6.72. The number of carbonyl (C=O) groups excluding carboxylic acids is 1. The first-order valence-electron chi connectivity index (χ1n) is 7.76. The van der Waals surface area contributed by atoms with Crippen LogP contribution in [0.15, 0.2) is 59.5 Å². The van der Waals surface area contributed by atoms with Crippen LogP contribution >= 0.6 is 11.8 Å². The van der Waals surface area contributed by atoms with Crippen LogP contribution in [0.1, 0.15) is 31.2 Å². The largest absolute Gasteiger partial charge is 0.325 e. The number of anilines is 1. The van der Waals surface area contributed by atoms with Crippen LogP contribution in [0.2, 0.25) is 0 Å². The number of hydrogen-bond acceptors (Lipinski definition) is 2. The minimum Gasteiger partial charge on any atom is -0.325 e. The van der Waals surface area contributed by atoms with Crippen molar-refractivity contribution in [2.75, 3.05) is 11.6 Å². The van der Waals surface area contributed by atoms with Gasteiger partial charge in [-0.15, -0.1) is 11.8 Å². The maximum atomic E-state index is 13.0. The Bertz CT molecular complexity index is 647. The third-order valence-electron chi connectivity index (χ3n) is 4.55. The summed E-state index contributed by atoms with van der Waals surface area (Å²) in [6, 6.07) is 18.3. The molecule has 3 heteroatoms. The zero-order valence-corrected chi connectivity index (χ0v) is 13.7. The smallest absolute Gasteiger partial charge is 0.235 e. The zero-order valence-electron chi connectivity index (χ0n) is 12.8. The molecule has 3 rings (SSSR count). The van der Waals surface area contributed by atoms with Gasteiger partial charge in [0.25, 0.3) is 0 Å². The lowest BCUT2D eigenvalue weighted by Crippen LogP contribution is -2.37. The van der Waals surface area contributed by atoms with E-state index in [1.54, 1.807) is 11.8 Å². The van der Waals surface area contributed by atoms with Crippen LogP contribution in [0.3, 0.4) is 0 Å². The first-order valence-corrected chi connectivity index (χ1v) is 8.98. The summed E-state index contributed by atoms with van der Waals surface area (Å²) in [7, 11) is 0. The Kier molecular flexibility index (Phi) is 4.53. The van der Waals surface area contributed by atoms with Crippen LogP contribution in [0.25, 0.3) is 0 Å². The highest BCUT2D eigenvalue weighted by Crippen LogP contribution is 2.42. The fourth-order valence-electron chi connectivity index (χ4n) is 3.33. The van der Waals surface area contributed by atoms with Crippen molar-refractivity contribution in [2.24, 2.45) is 0 Å². The fourth-order valence-corrected chi connectivity index (χ4v) is 3.79. The summed E-state index contributed by atoms with van der Waals surface area (Å²) in [6.07, 6.45) is 6.15. The second-order valence-electron chi connectivity index (χ2n) is 5.84. The van der Waals surface area contributed by atoms with Gasteiger partial charge in [0.05, 0.1) is 5.41 Å². The van der Waals surface area contributed by atoms with Crippen molar-refractivity contribution in [3.05, 3.63) is 60.2 Å². The van der Waals surface area contributed by atoms with Gasteiger partial charge in [0.1, 0.15) is 0 Å². The molecule has 0 bridgehead atoms. The van der Waals surface area contributed by atoms with Crippen LogP contribution in [0.5, 0.6) is 0 Å². The lowest BCUT2D eigenvalue weighted by Gasteiger charge is -2.28. The Labute approximate surface area is 136 Å². The van der Waals surface area contributed by atoms with Crippen LogP contribution < -0.4 is 5.32 Å². The molecule has 22 heavy (non-hydrogen) atoms. The van der Waals surface area contributed by atoms with Crippen molar-refractivity contribution in [1.82, 2.24) is 0 Å². The molecule has 0 aromatic heterocycles. The van der Waals surface area contributed by atoms with Crippen molar-refractivity contribution < 1.29 is 4.79 Å². The van der Waals surface area contributed by atoms with Crippen LogP contribution in [-0.2, 0) is 10.2 Å². The summed E-state index contributed by atoms with van der Waals surface area (Å²) in [4.78, 5) is 14.2. The van der Waals surface area contributed by atoms with Gasteiger partial charge >= 0.3 is 0 Å². The molecule has 2 nitrogen and oxygen atoms in total. The first kappa shape index (κ1) is 15.2. The van der Waals surface area contributed by atoms with Gasteiger partial charge in [0.2, 0.25) is 5.91 Å². The highest BCUT2D eigenvalue weighted by Gasteiger charge is 2.42. The predicted octanol–water partition coefficient (Wildman–Crippen LogP) is 4.86. The van der Waals surface area contributed by atoms with Crippen molar-refractivity contribution in [3.8, 4) is 0 Å². The van der Waals surface area contributed by atoms with Crippen LogP contribution in [0, 0.1) is 0 Å². The van der Waals surface area contributed by atoms with E-state index in [2.05, 4.69) is 23.5 Å². The first-order chi connectivity index (χ1) is 10.7. The summed E-state index contributed by atoms with van der Waals surface area (Å²) in [6.45, 7) is 0. The molecular formula is C19H21NOS. The Hall–Kier alpha value is -1.74. The molecule has 114 valence electrons. The maximum absolute atomic E-state index is 13.0. The lowest BCUT2D eigenvalue weighted by atomic mass is 9.78. The van der Waals surface area contributed by atoms with Crippen molar-refractivity contribution in [3.63, 3.8) is 0 Å². The SMILES string of the molecule is CSc1cccc(NC(=O)C2(c3ccccc3)CCCC2)c1. The van der Waals surface area contributed by atoms with Crippen LogP contribution in [0.4, 0.5) is 5.69 Å². The van der Waals surface area contributed by atoms with E-state index >= 15 is 0 Å². The molecule has 1 aliphatic carbocycles. The lowest BCUT2D eigenvalue weighted by molar-refractivity contribution is -0.121. The predicted molar refractivity (Wildman–Crippen MR) is 93.4 cm³/mol. The van der Waals surface area contributed by atoms with Crippen LogP contribution in [-0.4, -0.2) is 12.2 Å². The van der Waals surface area contributed by atoms with Gasteiger partial charge in [-0.3, -0.25) is 4.79 Å². The summed E-state index contributed by atoms with van der Waals surface area (Å²) < 4.78 is 0. The normalized spacial score (nSPS) is 16.4. The molecule has 0 atom stereocenters. The van der Waals surface area contributed by atoms with E-state index in [9.17, 15) is 4.79 Å². The molecule has 1 N–H and O–H groups in total. The third-order valence-corrected chi connectivity index (χ3v) is 5.27. The van der Waals surface area contributed by atoms with Crippen molar-refractivity contribution in [1.29, 1.82) is 0 Å². The monoisotopic (exact) mass is 311 g/mol. The molecule has 0 heterocycles. The fraction of sp³-hybridized carbons (Fsp3) is 0.316. The molecule has 0 unspecified atom stereocenters. The number of thioether (sulfide) groups is 1. The molecule has 2 aromatic rings. The molecule has 1 amide bonds. The third kappa shape index (κ3) is 2.91. The Morgan fingerprint density at radius 1 is 1.05 bits per heavy atom. The van der Waals surface area contributed by atoms with Crippen molar-refractivity contribution >= 4 is 23.4 Å². The minimum atomic E-state index is -0.364. The van der Waals surface area contributed by atoms with Gasteiger partial charge < -0.3 is 5.32 Å². The number of rotatable bonds is 4. The molecule has 0 aliphatic heterocycles. The van der Waals surface area contributed by atoms with Gasteiger partial charge in [-0.1, -0.05) is 49.2 Å². The summed E-state index contributed by atoms with van der Waals surface area (Å²) in [5.41, 5.74) is 1.67. The number of carbonyl (C=O) groups is 1. The number of amides is 1. The Balaban J connectivity index is 1.87. The molecule has 0 spiro atoms. The Morgan fingerprint density at radius 2 is 1.77 bits per heavy atom. The number of hydrogen-bond donors (Lipinski definition) is 1. The van der Waals surface area contributed by atoms with Gasteiger partial charge in [-0.2, -0.15) is 0 Å². The summed E-state index contributed by atoms with van der Waals surface area (Å²) in [5.74, 6) is 0.134. The van der Waals surface area contributed by atoms with E-state index in [1.165, 1.54) is 0 Å². The molecule has 1 aliphatic rings. The van der Waals surface area contributed by atoms with E-state index in [4.69, 9.17) is 0 Å². The van der Waals surface area contributed by atoms with E-state index in [-0.39, 0.29) is 11.3 Å². The average Bonchev–Trinajstić information content (AvgIpc) is 3.07. The van der Waals surface area contributed by atoms with E-state index < -0.39 is 0 Å². The number of nitrogens with one attached hydrogen (secondary N) is 1. The molecular weight excluding hydrogens is 290 g/mol. The van der Waals surface area contributed by atoms with Gasteiger partial charge in [0, 0.05) is 10.6 Å². The minimum absolute atomic E-state index is 0.134. The van der Waals surface area contributed by atoms with E-state index in [0.717, 1.165) is 41.8 Å². The summed E-state index contributed by atoms with van der Waals surface area (Å²) >= 11 is 1.69. The van der Waals surface area contributed by atoms with Gasteiger partial charge in [-0.25, -0.2) is 0 Å². The average molecular weight is 311 g/mol. The van der Waals surface area contributed by atoms with Crippen molar-refractivity contribution in [2.45, 2.75) is 36.0 Å². The highest BCUT2D eigenvalue weighted by atomic mass is 32.2. The second kappa shape index (κ2) is 6.57. The van der Waals surface area contributed by atoms with E-state index in [0.29, 0.717) is 0 Å². The summed E-state index contributed by atoms with van der Waals surface area (Å²) in [5, 5.41) is 3.15. The zero-order chi connectivity index (χ0) is 15.4. The van der Waals surface area contributed by atoms with Gasteiger partial charge in [0.15, 0.2) is 0 Å². The topological polar surface area (TPSA) is 29.1 Å².